The van der Waals surface area contributed by atoms with Gasteiger partial charge in [-0.1, -0.05) is 42.8 Å². The van der Waals surface area contributed by atoms with Crippen LogP contribution in [0.2, 0.25) is 0 Å². The Morgan fingerprint density at radius 2 is 1.88 bits per heavy atom. The summed E-state index contributed by atoms with van der Waals surface area (Å²) in [5.74, 6) is 0. The molecule has 1 aromatic heterocycles. The quantitative estimate of drug-likeness (QED) is 0.906. The van der Waals surface area contributed by atoms with Crippen molar-refractivity contribution in [1.82, 2.24) is 14.0 Å². The molecule has 0 unspecified atom stereocenters. The first-order chi connectivity index (χ1) is 11.6. The van der Waals surface area contributed by atoms with E-state index in [9.17, 15) is 8.42 Å². The molecule has 0 saturated carbocycles. The number of piperidine rings is 1. The molecule has 24 heavy (non-hydrogen) atoms. The molecular weight excluding hydrogens is 322 g/mol. The van der Waals surface area contributed by atoms with E-state index in [2.05, 4.69) is 9.71 Å². The van der Waals surface area contributed by atoms with Crippen LogP contribution in [0.15, 0.2) is 54.7 Å². The smallest absolute Gasteiger partial charge is 0.259 e. The van der Waals surface area contributed by atoms with Crippen LogP contribution in [0, 0.1) is 0 Å². The van der Waals surface area contributed by atoms with Crippen molar-refractivity contribution >= 4 is 10.2 Å². The zero-order valence-electron chi connectivity index (χ0n) is 13.8. The second kappa shape index (κ2) is 7.42. The maximum atomic E-state index is 12.9. The highest BCUT2D eigenvalue weighted by molar-refractivity contribution is 7.87. The van der Waals surface area contributed by atoms with Crippen LogP contribution >= 0.6 is 0 Å². The molecule has 0 bridgehead atoms. The summed E-state index contributed by atoms with van der Waals surface area (Å²) in [6.45, 7) is 2.54. The number of hydrogen-bond donors (Lipinski definition) is 1. The van der Waals surface area contributed by atoms with E-state index in [1.54, 1.807) is 10.5 Å². The van der Waals surface area contributed by atoms with E-state index in [4.69, 9.17) is 0 Å². The predicted molar refractivity (Wildman–Crippen MR) is 94.6 cm³/mol. The van der Waals surface area contributed by atoms with Gasteiger partial charge in [-0.05, 0) is 37.5 Å². The average molecular weight is 345 g/mol. The molecule has 0 spiro atoms. The lowest BCUT2D eigenvalue weighted by Gasteiger charge is -2.33. The summed E-state index contributed by atoms with van der Waals surface area (Å²) < 4.78 is 30.3. The Morgan fingerprint density at radius 3 is 2.54 bits per heavy atom. The van der Waals surface area contributed by atoms with Crippen LogP contribution < -0.4 is 4.72 Å². The second-order valence-corrected chi connectivity index (χ2v) is 7.83. The summed E-state index contributed by atoms with van der Waals surface area (Å²) >= 11 is 0. The van der Waals surface area contributed by atoms with Crippen molar-refractivity contribution < 1.29 is 8.42 Å². The van der Waals surface area contributed by atoms with Crippen molar-refractivity contribution in [3.8, 4) is 0 Å². The van der Waals surface area contributed by atoms with Crippen molar-refractivity contribution in [3.05, 3.63) is 66.0 Å². The van der Waals surface area contributed by atoms with E-state index in [0.717, 1.165) is 24.8 Å². The molecule has 2 aromatic rings. The number of hydrogen-bond acceptors (Lipinski definition) is 3. The lowest BCUT2D eigenvalue weighted by atomic mass is 10.0. The van der Waals surface area contributed by atoms with Crippen molar-refractivity contribution in [2.75, 3.05) is 6.54 Å². The lowest BCUT2D eigenvalue weighted by Crippen LogP contribution is -2.49. The molecule has 2 atom stereocenters. The van der Waals surface area contributed by atoms with Gasteiger partial charge in [0.1, 0.15) is 0 Å². The molecule has 128 valence electrons. The molecule has 1 aliphatic rings. The Labute approximate surface area is 143 Å². The van der Waals surface area contributed by atoms with Gasteiger partial charge in [0.2, 0.25) is 0 Å². The molecule has 0 aliphatic carbocycles. The minimum absolute atomic E-state index is 0.0244. The molecule has 1 N–H and O–H groups in total. The Kier molecular flexibility index (Phi) is 5.28. The monoisotopic (exact) mass is 345 g/mol. The van der Waals surface area contributed by atoms with E-state index in [-0.39, 0.29) is 6.04 Å². The Balaban J connectivity index is 1.92. The number of rotatable bonds is 5. The first kappa shape index (κ1) is 17.1. The van der Waals surface area contributed by atoms with Crippen LogP contribution in [0.4, 0.5) is 0 Å². The molecule has 1 aliphatic heterocycles. The molecule has 1 saturated heterocycles. The zero-order chi connectivity index (χ0) is 17.0. The molecular formula is C18H23N3O2S. The molecule has 5 nitrogen and oxygen atoms in total. The Morgan fingerprint density at radius 1 is 1.12 bits per heavy atom. The van der Waals surface area contributed by atoms with Gasteiger partial charge in [0.15, 0.2) is 0 Å². The number of nitrogens with one attached hydrogen (secondary N) is 1. The van der Waals surface area contributed by atoms with E-state index in [1.165, 1.54) is 0 Å². The standard InChI is InChI=1S/C18H23N3O2S/c1-15-9-6-8-14-21(15)24(22,23)20-18(16-10-3-2-4-11-16)17-12-5-7-13-19-17/h2-5,7,10-13,15,18,20H,6,8-9,14H2,1H3/t15-,18-/m1/s1. The van der Waals surface area contributed by atoms with Crippen molar-refractivity contribution in [2.24, 2.45) is 0 Å². The third kappa shape index (κ3) is 3.83. The summed E-state index contributed by atoms with van der Waals surface area (Å²) in [4.78, 5) is 4.36. The predicted octanol–water partition coefficient (Wildman–Crippen LogP) is 2.88. The largest absolute Gasteiger partial charge is 0.280 e. The highest BCUT2D eigenvalue weighted by Gasteiger charge is 2.32. The van der Waals surface area contributed by atoms with Gasteiger partial charge in [-0.15, -0.1) is 0 Å². The first-order valence-corrected chi connectivity index (χ1v) is 9.77. The van der Waals surface area contributed by atoms with Gasteiger partial charge in [-0.25, -0.2) is 0 Å². The lowest BCUT2D eigenvalue weighted by molar-refractivity contribution is 0.264. The van der Waals surface area contributed by atoms with Gasteiger partial charge in [-0.2, -0.15) is 17.4 Å². The summed E-state index contributed by atoms with van der Waals surface area (Å²) in [6, 6.07) is 14.6. The zero-order valence-corrected chi connectivity index (χ0v) is 14.6. The van der Waals surface area contributed by atoms with E-state index < -0.39 is 16.3 Å². The highest BCUT2D eigenvalue weighted by Crippen LogP contribution is 2.24. The number of benzene rings is 1. The molecule has 0 amide bonds. The summed E-state index contributed by atoms with van der Waals surface area (Å²) in [5, 5.41) is 0. The summed E-state index contributed by atoms with van der Waals surface area (Å²) in [6.07, 6.45) is 4.57. The minimum Gasteiger partial charge on any atom is -0.259 e. The van der Waals surface area contributed by atoms with Crippen LogP contribution in [0.5, 0.6) is 0 Å². The second-order valence-electron chi connectivity index (χ2n) is 6.18. The topological polar surface area (TPSA) is 62.3 Å². The number of nitrogens with zero attached hydrogens (tertiary/aromatic N) is 2. The molecule has 2 heterocycles. The number of aromatic nitrogens is 1. The first-order valence-electron chi connectivity index (χ1n) is 8.33. The summed E-state index contributed by atoms with van der Waals surface area (Å²) in [7, 11) is -3.58. The molecule has 1 fully saturated rings. The van der Waals surface area contributed by atoms with Gasteiger partial charge in [0.25, 0.3) is 10.2 Å². The van der Waals surface area contributed by atoms with E-state index in [0.29, 0.717) is 12.2 Å². The van der Waals surface area contributed by atoms with Crippen molar-refractivity contribution in [3.63, 3.8) is 0 Å². The number of pyridine rings is 1. The van der Waals surface area contributed by atoms with Crippen LogP contribution in [-0.2, 0) is 10.2 Å². The minimum atomic E-state index is -3.58. The maximum absolute atomic E-state index is 12.9. The SMILES string of the molecule is C[C@@H]1CCCCN1S(=O)(=O)N[C@H](c1ccccc1)c1ccccn1. The van der Waals surface area contributed by atoms with Crippen LogP contribution in [0.3, 0.4) is 0 Å². The fourth-order valence-electron chi connectivity index (χ4n) is 3.14. The van der Waals surface area contributed by atoms with E-state index in [1.807, 2.05) is 55.5 Å². The van der Waals surface area contributed by atoms with Crippen LogP contribution in [0.1, 0.15) is 43.5 Å². The fraction of sp³-hybridized carbons (Fsp3) is 0.389. The van der Waals surface area contributed by atoms with Gasteiger partial charge in [0, 0.05) is 18.8 Å². The van der Waals surface area contributed by atoms with Gasteiger partial charge in [0.05, 0.1) is 11.7 Å². The third-order valence-electron chi connectivity index (χ3n) is 4.43. The average Bonchev–Trinajstić information content (AvgIpc) is 2.61. The van der Waals surface area contributed by atoms with Crippen molar-refractivity contribution in [1.29, 1.82) is 0 Å². The molecule has 3 rings (SSSR count). The summed E-state index contributed by atoms with van der Waals surface area (Å²) in [5.41, 5.74) is 1.57. The van der Waals surface area contributed by atoms with Gasteiger partial charge >= 0.3 is 0 Å². The Bertz CT molecular complexity index is 711. The molecule has 6 heteroatoms. The highest BCUT2D eigenvalue weighted by atomic mass is 32.2. The van der Waals surface area contributed by atoms with E-state index >= 15 is 0 Å². The normalized spacial score (nSPS) is 20.6. The molecule has 0 radical (unpaired) electrons. The molecule has 1 aromatic carbocycles. The Hall–Kier alpha value is -1.76. The van der Waals surface area contributed by atoms with Gasteiger partial charge in [-0.3, -0.25) is 4.98 Å². The fourth-order valence-corrected chi connectivity index (χ4v) is 4.78. The van der Waals surface area contributed by atoms with Gasteiger partial charge < -0.3 is 0 Å². The third-order valence-corrected chi connectivity index (χ3v) is 6.13. The maximum Gasteiger partial charge on any atom is 0.280 e. The van der Waals surface area contributed by atoms with Crippen LogP contribution in [-0.4, -0.2) is 30.3 Å². The van der Waals surface area contributed by atoms with Crippen LogP contribution in [0.25, 0.3) is 0 Å². The van der Waals surface area contributed by atoms with Crippen molar-refractivity contribution in [2.45, 2.75) is 38.3 Å².